The quantitative estimate of drug-likeness (QED) is 0.895. The molecule has 4 heteroatoms. The first-order valence-corrected chi connectivity index (χ1v) is 8.29. The van der Waals surface area contributed by atoms with Crippen LogP contribution in [0.2, 0.25) is 0 Å². The van der Waals surface area contributed by atoms with Gasteiger partial charge in [0.2, 0.25) is 5.91 Å². The molecule has 122 valence electrons. The van der Waals surface area contributed by atoms with E-state index in [1.54, 1.807) is 0 Å². The minimum Gasteiger partial charge on any atom is -0.349 e. The van der Waals surface area contributed by atoms with Crippen LogP contribution >= 0.6 is 12.4 Å². The van der Waals surface area contributed by atoms with Crippen LogP contribution in [0.15, 0.2) is 24.3 Å². The Morgan fingerprint density at radius 3 is 2.59 bits per heavy atom. The van der Waals surface area contributed by atoms with Crippen molar-refractivity contribution in [2.24, 2.45) is 11.7 Å². The zero-order valence-corrected chi connectivity index (χ0v) is 14.0. The van der Waals surface area contributed by atoms with Gasteiger partial charge in [0, 0.05) is 13.0 Å². The van der Waals surface area contributed by atoms with Crippen molar-refractivity contribution in [1.29, 1.82) is 0 Å². The SMILES string of the molecule is Cl.NCC1(NC(=O)CC2CCc3ccccc3C2)CCCC1. The fourth-order valence-electron chi connectivity index (χ4n) is 3.99. The summed E-state index contributed by atoms with van der Waals surface area (Å²) in [5.74, 6) is 0.683. The second-order valence-electron chi connectivity index (χ2n) is 6.82. The van der Waals surface area contributed by atoms with Crippen molar-refractivity contribution in [3.05, 3.63) is 35.4 Å². The Kier molecular flexibility index (Phi) is 5.87. The summed E-state index contributed by atoms with van der Waals surface area (Å²) in [6.07, 6.45) is 8.39. The molecule has 3 rings (SSSR count). The molecule has 1 fully saturated rings. The van der Waals surface area contributed by atoms with Gasteiger partial charge < -0.3 is 11.1 Å². The van der Waals surface area contributed by atoms with Crippen LogP contribution in [0.25, 0.3) is 0 Å². The number of carbonyl (C=O) groups is 1. The molecule has 0 aromatic heterocycles. The van der Waals surface area contributed by atoms with E-state index in [0.717, 1.165) is 32.1 Å². The molecule has 22 heavy (non-hydrogen) atoms. The highest BCUT2D eigenvalue weighted by Crippen LogP contribution is 2.30. The lowest BCUT2D eigenvalue weighted by molar-refractivity contribution is -0.123. The Hall–Kier alpha value is -1.06. The first-order chi connectivity index (χ1) is 10.2. The van der Waals surface area contributed by atoms with Gasteiger partial charge >= 0.3 is 0 Å². The smallest absolute Gasteiger partial charge is 0.220 e. The van der Waals surface area contributed by atoms with E-state index in [2.05, 4.69) is 29.6 Å². The lowest BCUT2D eigenvalue weighted by Gasteiger charge is -2.30. The van der Waals surface area contributed by atoms with Gasteiger partial charge in [0.15, 0.2) is 0 Å². The molecule has 0 radical (unpaired) electrons. The molecule has 0 aliphatic heterocycles. The van der Waals surface area contributed by atoms with Crippen LogP contribution in [0.3, 0.4) is 0 Å². The molecule has 0 saturated heterocycles. The minimum atomic E-state index is -0.107. The highest BCUT2D eigenvalue weighted by atomic mass is 35.5. The Labute approximate surface area is 139 Å². The second-order valence-corrected chi connectivity index (χ2v) is 6.82. The van der Waals surface area contributed by atoms with E-state index in [1.807, 2.05) is 0 Å². The Bertz CT molecular complexity index is 512. The van der Waals surface area contributed by atoms with E-state index in [4.69, 9.17) is 5.73 Å². The third kappa shape index (κ3) is 3.82. The van der Waals surface area contributed by atoms with Crippen molar-refractivity contribution >= 4 is 18.3 Å². The lowest BCUT2D eigenvalue weighted by Crippen LogP contribution is -2.52. The molecule has 1 aromatic rings. The first kappa shape index (κ1) is 17.3. The number of hydrogen-bond donors (Lipinski definition) is 2. The maximum atomic E-state index is 12.4. The van der Waals surface area contributed by atoms with Gasteiger partial charge in [-0.2, -0.15) is 0 Å². The van der Waals surface area contributed by atoms with Gasteiger partial charge in [-0.25, -0.2) is 0 Å². The molecule has 2 aliphatic carbocycles. The molecule has 1 unspecified atom stereocenters. The number of halogens is 1. The number of carbonyl (C=O) groups excluding carboxylic acids is 1. The molecule has 0 heterocycles. The van der Waals surface area contributed by atoms with Crippen LogP contribution in [0, 0.1) is 5.92 Å². The number of aryl methyl sites for hydroxylation is 1. The number of nitrogens with two attached hydrogens (primary N) is 1. The number of fused-ring (bicyclic) bond motifs is 1. The Balaban J connectivity index is 0.00000176. The normalized spacial score (nSPS) is 22.5. The number of nitrogens with one attached hydrogen (secondary N) is 1. The van der Waals surface area contributed by atoms with Crippen LogP contribution in [0.4, 0.5) is 0 Å². The summed E-state index contributed by atoms with van der Waals surface area (Å²) in [5, 5.41) is 3.25. The monoisotopic (exact) mass is 322 g/mol. The molecule has 0 bridgehead atoms. The zero-order valence-electron chi connectivity index (χ0n) is 13.1. The van der Waals surface area contributed by atoms with Gasteiger partial charge in [0.05, 0.1) is 5.54 Å². The molecular weight excluding hydrogens is 296 g/mol. The number of benzene rings is 1. The largest absolute Gasteiger partial charge is 0.349 e. The summed E-state index contributed by atoms with van der Waals surface area (Å²) in [6.45, 7) is 0.576. The second kappa shape index (κ2) is 7.47. The predicted molar refractivity (Wildman–Crippen MR) is 92.2 cm³/mol. The number of rotatable bonds is 4. The summed E-state index contributed by atoms with van der Waals surface area (Å²) in [5.41, 5.74) is 8.68. The molecule has 1 amide bonds. The van der Waals surface area contributed by atoms with Gasteiger partial charge in [-0.3, -0.25) is 4.79 Å². The van der Waals surface area contributed by atoms with E-state index in [1.165, 1.54) is 24.0 Å². The summed E-state index contributed by atoms with van der Waals surface area (Å²) in [7, 11) is 0. The molecule has 1 saturated carbocycles. The van der Waals surface area contributed by atoms with Crippen LogP contribution in [0.1, 0.15) is 49.7 Å². The summed E-state index contributed by atoms with van der Waals surface area (Å²) < 4.78 is 0. The average Bonchev–Trinajstić information content (AvgIpc) is 2.96. The van der Waals surface area contributed by atoms with Gasteiger partial charge in [-0.05, 0) is 49.1 Å². The van der Waals surface area contributed by atoms with Crippen LogP contribution in [-0.4, -0.2) is 18.0 Å². The molecule has 3 nitrogen and oxygen atoms in total. The summed E-state index contributed by atoms with van der Waals surface area (Å²) in [4.78, 5) is 12.4. The van der Waals surface area contributed by atoms with Gasteiger partial charge in [0.25, 0.3) is 0 Å². The van der Waals surface area contributed by atoms with Crippen molar-refractivity contribution in [1.82, 2.24) is 5.32 Å². The number of hydrogen-bond acceptors (Lipinski definition) is 2. The van der Waals surface area contributed by atoms with E-state index >= 15 is 0 Å². The van der Waals surface area contributed by atoms with E-state index in [9.17, 15) is 4.79 Å². The molecule has 2 aliphatic rings. The topological polar surface area (TPSA) is 55.1 Å². The fourth-order valence-corrected chi connectivity index (χ4v) is 3.99. The molecular formula is C18H27ClN2O. The third-order valence-corrected chi connectivity index (χ3v) is 5.28. The van der Waals surface area contributed by atoms with Crippen molar-refractivity contribution in [2.75, 3.05) is 6.54 Å². The molecule has 1 aromatic carbocycles. The maximum absolute atomic E-state index is 12.4. The van der Waals surface area contributed by atoms with Gasteiger partial charge in [0.1, 0.15) is 0 Å². The Morgan fingerprint density at radius 2 is 1.91 bits per heavy atom. The predicted octanol–water partition coefficient (Wildman–Crippen LogP) is 2.99. The highest BCUT2D eigenvalue weighted by Gasteiger charge is 2.34. The first-order valence-electron chi connectivity index (χ1n) is 8.29. The molecule has 3 N–H and O–H groups in total. The summed E-state index contributed by atoms with van der Waals surface area (Å²) >= 11 is 0. The van der Waals surface area contributed by atoms with Crippen LogP contribution < -0.4 is 11.1 Å². The van der Waals surface area contributed by atoms with Crippen molar-refractivity contribution in [3.63, 3.8) is 0 Å². The van der Waals surface area contributed by atoms with Crippen molar-refractivity contribution in [3.8, 4) is 0 Å². The standard InChI is InChI=1S/C18H26N2O.ClH/c19-13-18(9-3-4-10-18)20-17(21)12-14-7-8-15-5-1-2-6-16(15)11-14;/h1-2,5-6,14H,3-4,7-13,19H2,(H,20,21);1H. The fraction of sp³-hybridized carbons (Fsp3) is 0.611. The van der Waals surface area contributed by atoms with Crippen molar-refractivity contribution in [2.45, 2.75) is 56.9 Å². The van der Waals surface area contributed by atoms with Gasteiger partial charge in [-0.15, -0.1) is 12.4 Å². The van der Waals surface area contributed by atoms with Crippen LogP contribution in [-0.2, 0) is 17.6 Å². The zero-order chi connectivity index (χ0) is 14.7. The Morgan fingerprint density at radius 1 is 1.23 bits per heavy atom. The summed E-state index contributed by atoms with van der Waals surface area (Å²) in [6, 6.07) is 8.63. The van der Waals surface area contributed by atoms with Crippen molar-refractivity contribution < 1.29 is 4.79 Å². The van der Waals surface area contributed by atoms with E-state index in [0.29, 0.717) is 18.9 Å². The highest BCUT2D eigenvalue weighted by molar-refractivity contribution is 5.85. The van der Waals surface area contributed by atoms with Gasteiger partial charge in [-0.1, -0.05) is 37.1 Å². The lowest BCUT2D eigenvalue weighted by atomic mass is 9.82. The van der Waals surface area contributed by atoms with Crippen LogP contribution in [0.5, 0.6) is 0 Å². The van der Waals surface area contributed by atoms with E-state index in [-0.39, 0.29) is 23.9 Å². The minimum absolute atomic E-state index is 0. The third-order valence-electron chi connectivity index (χ3n) is 5.28. The maximum Gasteiger partial charge on any atom is 0.220 e. The molecule has 1 atom stereocenters. The number of amides is 1. The average molecular weight is 323 g/mol. The molecule has 0 spiro atoms. The van der Waals surface area contributed by atoms with E-state index < -0.39 is 0 Å².